The van der Waals surface area contributed by atoms with Crippen LogP contribution in [-0.2, 0) is 32.7 Å². The number of phosphoric ester groups is 1. The van der Waals surface area contributed by atoms with Gasteiger partial charge in [-0.2, -0.15) is 0 Å². The van der Waals surface area contributed by atoms with Gasteiger partial charge in [-0.05, 0) is 51.4 Å². The molecular weight excluding hydrogens is 810 g/mol. The summed E-state index contributed by atoms with van der Waals surface area (Å²) in [5.41, 5.74) is 0. The standard InChI is InChI=1S/C53H98NO8P/c1-6-8-10-12-14-16-18-20-22-24-25-26-27-28-30-31-33-35-37-39-41-43-45-52(55)59-49-51(50-61-63(57,58)60-48-47-54(3,4)5)62-53(56)46-44-42-40-38-36-34-32-29-23-21-19-17-15-13-11-9-7-2/h9,11,15,17,21,23,32,34,51H,6-8,10,12-14,16,18-20,22,24-31,33,35-50H2,1-5H3/p+1/b11-9-,17-15-,23-21-,34-32-. The number of carbonyl (C=O) groups is 2. The van der Waals surface area contributed by atoms with Crippen molar-refractivity contribution in [3.8, 4) is 0 Å². The van der Waals surface area contributed by atoms with Crippen molar-refractivity contribution in [2.45, 2.75) is 232 Å². The van der Waals surface area contributed by atoms with Crippen LogP contribution in [0.4, 0.5) is 0 Å². The number of esters is 2. The van der Waals surface area contributed by atoms with Crippen molar-refractivity contribution in [2.24, 2.45) is 0 Å². The van der Waals surface area contributed by atoms with Crippen molar-refractivity contribution < 1.29 is 42.1 Å². The van der Waals surface area contributed by atoms with Gasteiger partial charge in [-0.25, -0.2) is 4.57 Å². The predicted octanol–water partition coefficient (Wildman–Crippen LogP) is 15.4. The van der Waals surface area contributed by atoms with Gasteiger partial charge in [0, 0.05) is 12.8 Å². The predicted molar refractivity (Wildman–Crippen MR) is 266 cm³/mol. The van der Waals surface area contributed by atoms with Gasteiger partial charge in [0.05, 0.1) is 27.7 Å². The quantitative estimate of drug-likeness (QED) is 0.0211. The van der Waals surface area contributed by atoms with Crippen LogP contribution in [0.25, 0.3) is 0 Å². The Morgan fingerprint density at radius 3 is 1.35 bits per heavy atom. The average molecular weight is 909 g/mol. The third-order valence-electron chi connectivity index (χ3n) is 11.1. The number of unbranched alkanes of at least 4 members (excludes halogenated alkanes) is 25. The van der Waals surface area contributed by atoms with E-state index in [4.69, 9.17) is 18.5 Å². The molecule has 10 heteroatoms. The Kier molecular flexibility index (Phi) is 43.7. The molecule has 2 atom stereocenters. The molecule has 0 aromatic rings. The largest absolute Gasteiger partial charge is 0.472 e. The Morgan fingerprint density at radius 1 is 0.508 bits per heavy atom. The third-order valence-corrected chi connectivity index (χ3v) is 12.1. The summed E-state index contributed by atoms with van der Waals surface area (Å²) in [5, 5.41) is 0. The summed E-state index contributed by atoms with van der Waals surface area (Å²) in [6.45, 7) is 4.31. The second-order valence-electron chi connectivity index (χ2n) is 18.5. The summed E-state index contributed by atoms with van der Waals surface area (Å²) in [5.74, 6) is -0.819. The number of likely N-dealkylation sites (N-methyl/N-ethyl adjacent to an activating group) is 1. The van der Waals surface area contributed by atoms with Crippen LogP contribution in [0, 0.1) is 0 Å². The van der Waals surface area contributed by atoms with E-state index < -0.39 is 26.5 Å². The number of ether oxygens (including phenoxy) is 2. The summed E-state index contributed by atoms with van der Waals surface area (Å²) in [6, 6.07) is 0. The maximum atomic E-state index is 12.7. The molecule has 0 aromatic heterocycles. The van der Waals surface area contributed by atoms with Crippen LogP contribution in [0.1, 0.15) is 226 Å². The molecule has 0 fully saturated rings. The number of hydrogen-bond acceptors (Lipinski definition) is 7. The van der Waals surface area contributed by atoms with Gasteiger partial charge in [0.25, 0.3) is 0 Å². The van der Waals surface area contributed by atoms with Crippen LogP contribution >= 0.6 is 7.82 Å². The van der Waals surface area contributed by atoms with E-state index in [1.807, 2.05) is 21.1 Å². The molecule has 0 amide bonds. The Morgan fingerprint density at radius 2 is 0.905 bits per heavy atom. The number of quaternary nitrogens is 1. The first-order valence-electron chi connectivity index (χ1n) is 25.9. The van der Waals surface area contributed by atoms with Crippen LogP contribution in [0.3, 0.4) is 0 Å². The van der Waals surface area contributed by atoms with Crippen molar-refractivity contribution in [3.05, 3.63) is 48.6 Å². The van der Waals surface area contributed by atoms with Crippen LogP contribution in [0.5, 0.6) is 0 Å². The Bertz CT molecular complexity index is 1210. The summed E-state index contributed by atoms with van der Waals surface area (Å²) >= 11 is 0. The van der Waals surface area contributed by atoms with Crippen molar-refractivity contribution in [1.82, 2.24) is 0 Å². The molecule has 0 saturated carbocycles. The lowest BCUT2D eigenvalue weighted by Gasteiger charge is -2.24. The van der Waals surface area contributed by atoms with Gasteiger partial charge in [0.15, 0.2) is 6.10 Å². The molecule has 0 saturated heterocycles. The minimum absolute atomic E-state index is 0.0263. The Labute approximate surface area is 388 Å². The molecule has 0 radical (unpaired) electrons. The first-order chi connectivity index (χ1) is 30.5. The van der Waals surface area contributed by atoms with Crippen LogP contribution in [0.15, 0.2) is 48.6 Å². The van der Waals surface area contributed by atoms with Gasteiger partial charge in [0.1, 0.15) is 19.8 Å². The first kappa shape index (κ1) is 61.0. The van der Waals surface area contributed by atoms with Gasteiger partial charge in [0.2, 0.25) is 0 Å². The zero-order chi connectivity index (χ0) is 46.4. The van der Waals surface area contributed by atoms with Crippen molar-refractivity contribution >= 4 is 19.8 Å². The highest BCUT2D eigenvalue weighted by Gasteiger charge is 2.27. The monoisotopic (exact) mass is 909 g/mol. The smallest absolute Gasteiger partial charge is 0.462 e. The molecule has 0 aliphatic rings. The number of phosphoric acid groups is 1. The zero-order valence-electron chi connectivity index (χ0n) is 41.6. The van der Waals surface area contributed by atoms with E-state index in [1.54, 1.807) is 0 Å². The topological polar surface area (TPSA) is 108 Å². The molecular formula is C53H99NO8P+. The lowest BCUT2D eigenvalue weighted by atomic mass is 10.0. The second kappa shape index (κ2) is 45.1. The highest BCUT2D eigenvalue weighted by molar-refractivity contribution is 7.47. The maximum absolute atomic E-state index is 12.7. The summed E-state index contributed by atoms with van der Waals surface area (Å²) in [4.78, 5) is 35.5. The fourth-order valence-electron chi connectivity index (χ4n) is 7.12. The van der Waals surface area contributed by atoms with E-state index in [9.17, 15) is 19.0 Å². The lowest BCUT2D eigenvalue weighted by Crippen LogP contribution is -2.37. The molecule has 63 heavy (non-hydrogen) atoms. The molecule has 0 spiro atoms. The zero-order valence-corrected chi connectivity index (χ0v) is 42.5. The number of nitrogens with zero attached hydrogens (tertiary/aromatic N) is 1. The molecule has 0 aliphatic carbocycles. The van der Waals surface area contributed by atoms with E-state index in [2.05, 4.69) is 62.5 Å². The van der Waals surface area contributed by atoms with E-state index in [0.717, 1.165) is 70.6 Å². The molecule has 0 aliphatic heterocycles. The summed E-state index contributed by atoms with van der Waals surface area (Å²) in [7, 11) is 1.46. The Balaban J connectivity index is 4.24. The summed E-state index contributed by atoms with van der Waals surface area (Å²) in [6.07, 6.45) is 54.6. The molecule has 0 bridgehead atoms. The van der Waals surface area contributed by atoms with E-state index in [-0.39, 0.29) is 32.0 Å². The van der Waals surface area contributed by atoms with Crippen molar-refractivity contribution in [3.63, 3.8) is 0 Å². The van der Waals surface area contributed by atoms with Crippen molar-refractivity contribution in [2.75, 3.05) is 47.5 Å². The molecule has 0 heterocycles. The summed E-state index contributed by atoms with van der Waals surface area (Å²) < 4.78 is 34.4. The minimum Gasteiger partial charge on any atom is -0.462 e. The van der Waals surface area contributed by atoms with E-state index >= 15 is 0 Å². The fraction of sp³-hybridized carbons (Fsp3) is 0.811. The van der Waals surface area contributed by atoms with Crippen LogP contribution < -0.4 is 0 Å². The lowest BCUT2D eigenvalue weighted by molar-refractivity contribution is -0.870. The van der Waals surface area contributed by atoms with Gasteiger partial charge >= 0.3 is 19.8 Å². The third kappa shape index (κ3) is 49.2. The Hall–Kier alpha value is -2.03. The number of carbonyl (C=O) groups excluding carboxylic acids is 2. The van der Waals surface area contributed by atoms with E-state index in [1.165, 1.54) is 122 Å². The highest BCUT2D eigenvalue weighted by atomic mass is 31.2. The molecule has 2 unspecified atom stereocenters. The number of hydrogen-bond donors (Lipinski definition) is 1. The molecule has 1 N–H and O–H groups in total. The highest BCUT2D eigenvalue weighted by Crippen LogP contribution is 2.43. The molecule has 0 rings (SSSR count). The first-order valence-corrected chi connectivity index (χ1v) is 27.4. The van der Waals surface area contributed by atoms with Crippen molar-refractivity contribution in [1.29, 1.82) is 0 Å². The van der Waals surface area contributed by atoms with Gasteiger partial charge in [-0.15, -0.1) is 0 Å². The number of allylic oxidation sites excluding steroid dienone is 8. The minimum atomic E-state index is -4.39. The second-order valence-corrected chi connectivity index (χ2v) is 20.0. The average Bonchev–Trinajstić information content (AvgIpc) is 3.24. The normalized spacial score (nSPS) is 13.8. The van der Waals surface area contributed by atoms with Gasteiger partial charge in [-0.3, -0.25) is 18.6 Å². The van der Waals surface area contributed by atoms with Gasteiger partial charge < -0.3 is 18.9 Å². The SMILES string of the molecule is CC/C=C\C/C=C\C/C=C\C/C=C\CCCCCCC(=O)OC(COC(=O)CCCCCCCCCCCCCCCCCCCCCCCC)COP(=O)(O)OCC[N+](C)(C)C. The fourth-order valence-corrected chi connectivity index (χ4v) is 7.87. The maximum Gasteiger partial charge on any atom is 0.472 e. The number of rotatable bonds is 47. The molecule has 0 aromatic carbocycles. The molecule has 9 nitrogen and oxygen atoms in total. The van der Waals surface area contributed by atoms with Crippen LogP contribution in [0.2, 0.25) is 0 Å². The molecule has 368 valence electrons. The van der Waals surface area contributed by atoms with Gasteiger partial charge in [-0.1, -0.05) is 210 Å². The van der Waals surface area contributed by atoms with E-state index in [0.29, 0.717) is 17.4 Å². The van der Waals surface area contributed by atoms with Crippen LogP contribution in [-0.4, -0.2) is 74.9 Å².